The average Bonchev–Trinajstić information content (AvgIpc) is 2.61. The Hall–Kier alpha value is -2.00. The zero-order valence-electron chi connectivity index (χ0n) is 14.9. The number of nitrogens with zero attached hydrogens (tertiary/aromatic N) is 1. The smallest absolute Gasteiger partial charge is 0.161 e. The number of ether oxygens (including phenoxy) is 2. The Labute approximate surface area is 145 Å². The Morgan fingerprint density at radius 2 is 1.75 bits per heavy atom. The summed E-state index contributed by atoms with van der Waals surface area (Å²) in [6.07, 6.45) is 3.61. The normalized spacial score (nSPS) is 16.8. The Kier molecular flexibility index (Phi) is 5.41. The van der Waals surface area contributed by atoms with Gasteiger partial charge in [0.2, 0.25) is 0 Å². The number of methoxy groups -OCH3 is 2. The highest BCUT2D eigenvalue weighted by atomic mass is 16.5. The molecule has 0 N–H and O–H groups in total. The van der Waals surface area contributed by atoms with Crippen molar-refractivity contribution in [2.75, 3.05) is 27.8 Å². The molecule has 2 aromatic carbocycles. The van der Waals surface area contributed by atoms with Crippen LogP contribution in [0.1, 0.15) is 35.4 Å². The molecule has 0 radical (unpaired) electrons. The summed E-state index contributed by atoms with van der Waals surface area (Å²) in [6, 6.07) is 15.0. The van der Waals surface area contributed by atoms with Crippen molar-refractivity contribution >= 4 is 0 Å². The van der Waals surface area contributed by atoms with Gasteiger partial charge >= 0.3 is 0 Å². The fourth-order valence-electron chi connectivity index (χ4n) is 3.75. The zero-order valence-corrected chi connectivity index (χ0v) is 14.9. The number of hydrogen-bond donors (Lipinski definition) is 0. The molecular formula is C21H27NO2. The minimum atomic E-state index is 0.558. The molecule has 128 valence electrons. The van der Waals surface area contributed by atoms with Crippen LogP contribution < -0.4 is 9.47 Å². The maximum Gasteiger partial charge on any atom is 0.161 e. The number of benzene rings is 2. The molecule has 2 aromatic rings. The molecule has 3 heteroatoms. The van der Waals surface area contributed by atoms with Crippen molar-refractivity contribution in [3.8, 4) is 11.5 Å². The van der Waals surface area contributed by atoms with Gasteiger partial charge in [0.25, 0.3) is 0 Å². The average molecular weight is 325 g/mol. The van der Waals surface area contributed by atoms with Crippen LogP contribution in [0.25, 0.3) is 0 Å². The summed E-state index contributed by atoms with van der Waals surface area (Å²) in [7, 11) is 5.63. The SMILES string of the molecule is COc1cc2c(cc1OC)C(CN(C)Cc1ccccc1)CCC2. The van der Waals surface area contributed by atoms with E-state index in [0.717, 1.165) is 31.0 Å². The molecule has 3 nitrogen and oxygen atoms in total. The lowest BCUT2D eigenvalue weighted by Gasteiger charge is -2.30. The van der Waals surface area contributed by atoms with Crippen LogP contribution in [-0.2, 0) is 13.0 Å². The van der Waals surface area contributed by atoms with Gasteiger partial charge in [-0.25, -0.2) is 0 Å². The molecule has 0 heterocycles. The molecule has 0 amide bonds. The predicted octanol–water partition coefficient (Wildman–Crippen LogP) is 4.26. The summed E-state index contributed by atoms with van der Waals surface area (Å²) in [5.41, 5.74) is 4.21. The molecule has 1 atom stereocenters. The lowest BCUT2D eigenvalue weighted by atomic mass is 9.82. The molecule has 3 rings (SSSR count). The topological polar surface area (TPSA) is 21.7 Å². The molecule has 0 fully saturated rings. The number of aryl methyl sites for hydroxylation is 1. The first-order valence-corrected chi connectivity index (χ1v) is 8.68. The van der Waals surface area contributed by atoms with Crippen LogP contribution >= 0.6 is 0 Å². The van der Waals surface area contributed by atoms with Gasteiger partial charge in [-0.1, -0.05) is 30.3 Å². The fraction of sp³-hybridized carbons (Fsp3) is 0.429. The third kappa shape index (κ3) is 3.73. The highest BCUT2D eigenvalue weighted by Crippen LogP contribution is 2.39. The highest BCUT2D eigenvalue weighted by molar-refractivity contribution is 5.49. The van der Waals surface area contributed by atoms with Crippen LogP contribution in [0.15, 0.2) is 42.5 Å². The Morgan fingerprint density at radius 1 is 1.04 bits per heavy atom. The molecule has 1 aliphatic rings. The lowest BCUT2D eigenvalue weighted by molar-refractivity contribution is 0.289. The minimum Gasteiger partial charge on any atom is -0.493 e. The summed E-state index contributed by atoms with van der Waals surface area (Å²) in [6.45, 7) is 2.05. The standard InChI is InChI=1S/C21H27NO2/c1-22(14-16-8-5-4-6-9-16)15-18-11-7-10-17-12-20(23-2)21(24-3)13-19(17)18/h4-6,8-9,12-13,18H,7,10-11,14-15H2,1-3H3. The zero-order chi connectivity index (χ0) is 16.9. The summed E-state index contributed by atoms with van der Waals surface area (Å²) in [5, 5.41) is 0. The second-order valence-corrected chi connectivity index (χ2v) is 6.68. The number of fused-ring (bicyclic) bond motifs is 1. The molecular weight excluding hydrogens is 298 g/mol. The van der Waals surface area contributed by atoms with Crippen molar-refractivity contribution in [1.82, 2.24) is 4.90 Å². The maximum absolute atomic E-state index is 5.51. The largest absolute Gasteiger partial charge is 0.493 e. The summed E-state index contributed by atoms with van der Waals surface area (Å²) in [5.74, 6) is 2.24. The van der Waals surface area contributed by atoms with Gasteiger partial charge in [0.15, 0.2) is 11.5 Å². The van der Waals surface area contributed by atoms with Crippen molar-refractivity contribution in [3.63, 3.8) is 0 Å². The molecule has 24 heavy (non-hydrogen) atoms. The molecule has 0 saturated heterocycles. The molecule has 0 bridgehead atoms. The Bertz CT molecular complexity index is 669. The quantitative estimate of drug-likeness (QED) is 0.792. The van der Waals surface area contributed by atoms with E-state index in [2.05, 4.69) is 54.4 Å². The van der Waals surface area contributed by atoms with E-state index < -0.39 is 0 Å². The van der Waals surface area contributed by atoms with Crippen LogP contribution in [0.3, 0.4) is 0 Å². The van der Waals surface area contributed by atoms with Gasteiger partial charge in [-0.2, -0.15) is 0 Å². The molecule has 0 aromatic heterocycles. The predicted molar refractivity (Wildman–Crippen MR) is 98.0 cm³/mol. The first kappa shape index (κ1) is 16.8. The van der Waals surface area contributed by atoms with Crippen molar-refractivity contribution in [2.45, 2.75) is 31.7 Å². The van der Waals surface area contributed by atoms with Gasteiger partial charge in [0.1, 0.15) is 0 Å². The van der Waals surface area contributed by atoms with E-state index in [-0.39, 0.29) is 0 Å². The monoisotopic (exact) mass is 325 g/mol. The molecule has 0 saturated carbocycles. The van der Waals surface area contributed by atoms with Crippen molar-refractivity contribution in [2.24, 2.45) is 0 Å². The van der Waals surface area contributed by atoms with Crippen LogP contribution in [0.5, 0.6) is 11.5 Å². The molecule has 0 aliphatic heterocycles. The van der Waals surface area contributed by atoms with E-state index in [4.69, 9.17) is 9.47 Å². The lowest BCUT2D eigenvalue weighted by Crippen LogP contribution is -2.26. The third-order valence-electron chi connectivity index (χ3n) is 4.91. The van der Waals surface area contributed by atoms with Crippen molar-refractivity contribution in [1.29, 1.82) is 0 Å². The van der Waals surface area contributed by atoms with Gasteiger partial charge in [-0.3, -0.25) is 0 Å². The molecule has 1 unspecified atom stereocenters. The van der Waals surface area contributed by atoms with Gasteiger partial charge in [-0.05, 0) is 61.1 Å². The van der Waals surface area contributed by atoms with E-state index in [1.807, 2.05) is 0 Å². The first-order valence-electron chi connectivity index (χ1n) is 8.68. The third-order valence-corrected chi connectivity index (χ3v) is 4.91. The van der Waals surface area contributed by atoms with Crippen LogP contribution in [0, 0.1) is 0 Å². The number of hydrogen-bond acceptors (Lipinski definition) is 3. The van der Waals surface area contributed by atoms with Crippen LogP contribution in [-0.4, -0.2) is 32.7 Å². The fourth-order valence-corrected chi connectivity index (χ4v) is 3.75. The molecule has 1 aliphatic carbocycles. The summed E-state index contributed by atoms with van der Waals surface area (Å²) >= 11 is 0. The first-order chi connectivity index (χ1) is 11.7. The van der Waals surface area contributed by atoms with Crippen LogP contribution in [0.2, 0.25) is 0 Å². The minimum absolute atomic E-state index is 0.558. The molecule has 0 spiro atoms. The highest BCUT2D eigenvalue weighted by Gasteiger charge is 2.24. The van der Waals surface area contributed by atoms with Gasteiger partial charge in [0.05, 0.1) is 14.2 Å². The van der Waals surface area contributed by atoms with Crippen LogP contribution in [0.4, 0.5) is 0 Å². The van der Waals surface area contributed by atoms with Gasteiger partial charge in [0, 0.05) is 13.1 Å². The van der Waals surface area contributed by atoms with Gasteiger partial charge < -0.3 is 14.4 Å². The number of rotatable bonds is 6. The maximum atomic E-state index is 5.51. The second kappa shape index (κ2) is 7.71. The van der Waals surface area contributed by atoms with E-state index in [9.17, 15) is 0 Å². The van der Waals surface area contributed by atoms with E-state index in [1.165, 1.54) is 29.5 Å². The number of likely N-dealkylation sites (N-methyl/N-ethyl adjacent to an activating group) is 1. The summed E-state index contributed by atoms with van der Waals surface area (Å²) in [4.78, 5) is 2.42. The second-order valence-electron chi connectivity index (χ2n) is 6.68. The Balaban J connectivity index is 1.76. The van der Waals surface area contributed by atoms with E-state index >= 15 is 0 Å². The van der Waals surface area contributed by atoms with Gasteiger partial charge in [-0.15, -0.1) is 0 Å². The van der Waals surface area contributed by atoms with E-state index in [0.29, 0.717) is 5.92 Å². The van der Waals surface area contributed by atoms with Crippen molar-refractivity contribution in [3.05, 3.63) is 59.2 Å². The summed E-state index contributed by atoms with van der Waals surface area (Å²) < 4.78 is 11.0. The van der Waals surface area contributed by atoms with Crippen molar-refractivity contribution < 1.29 is 9.47 Å². The Morgan fingerprint density at radius 3 is 2.46 bits per heavy atom. The van der Waals surface area contributed by atoms with E-state index in [1.54, 1.807) is 14.2 Å².